The predicted octanol–water partition coefficient (Wildman–Crippen LogP) is 6.42. The average molecular weight is 402 g/mol. The Hall–Kier alpha value is -3.40. The molecule has 0 spiro atoms. The van der Waals surface area contributed by atoms with Gasteiger partial charge >= 0.3 is 0 Å². The van der Waals surface area contributed by atoms with E-state index in [2.05, 4.69) is 6.92 Å². The monoisotopic (exact) mass is 402 g/mol. The van der Waals surface area contributed by atoms with Gasteiger partial charge in [-0.25, -0.2) is 0 Å². The van der Waals surface area contributed by atoms with E-state index in [4.69, 9.17) is 9.47 Å². The topological polar surface area (TPSA) is 58.9 Å². The Kier molecular flexibility index (Phi) is 5.94. The maximum Gasteiger partial charge on any atom is 0.120 e. The molecule has 0 saturated heterocycles. The van der Waals surface area contributed by atoms with E-state index < -0.39 is 0 Å². The number of benzene rings is 4. The molecule has 0 aliphatic heterocycles. The first-order valence-corrected chi connectivity index (χ1v) is 10.3. The minimum absolute atomic E-state index is 0.118. The van der Waals surface area contributed by atoms with E-state index in [0.717, 1.165) is 52.3 Å². The third-order valence-electron chi connectivity index (χ3n) is 5.20. The van der Waals surface area contributed by atoms with Gasteiger partial charge in [0.1, 0.15) is 23.0 Å². The van der Waals surface area contributed by atoms with Gasteiger partial charge in [-0.05, 0) is 96.3 Å². The molecule has 2 N–H and O–H groups in total. The van der Waals surface area contributed by atoms with Crippen molar-refractivity contribution in [2.75, 3.05) is 6.61 Å². The fourth-order valence-corrected chi connectivity index (χ4v) is 3.60. The van der Waals surface area contributed by atoms with Gasteiger partial charge in [0, 0.05) is 0 Å². The smallest absolute Gasteiger partial charge is 0.120 e. The number of hydrogen-bond acceptors (Lipinski definition) is 4. The second-order valence-electron chi connectivity index (χ2n) is 7.66. The Morgan fingerprint density at radius 1 is 0.667 bits per heavy atom. The summed E-state index contributed by atoms with van der Waals surface area (Å²) >= 11 is 0. The summed E-state index contributed by atoms with van der Waals surface area (Å²) in [5.41, 5.74) is 0. The van der Waals surface area contributed by atoms with Crippen LogP contribution in [0.5, 0.6) is 23.0 Å². The minimum Gasteiger partial charge on any atom is -0.508 e. The Morgan fingerprint density at radius 2 is 1.20 bits per heavy atom. The van der Waals surface area contributed by atoms with Crippen LogP contribution < -0.4 is 9.47 Å². The fraction of sp³-hybridized carbons (Fsp3) is 0.231. The Labute approximate surface area is 176 Å². The number of ether oxygens (including phenoxy) is 2. The first kappa shape index (κ1) is 19.9. The highest BCUT2D eigenvalue weighted by Crippen LogP contribution is 2.26. The van der Waals surface area contributed by atoms with E-state index in [1.54, 1.807) is 24.3 Å². The lowest BCUT2D eigenvalue weighted by atomic mass is 10.1. The Morgan fingerprint density at radius 3 is 1.87 bits per heavy atom. The van der Waals surface area contributed by atoms with E-state index in [1.807, 2.05) is 48.5 Å². The van der Waals surface area contributed by atoms with Gasteiger partial charge in [-0.3, -0.25) is 0 Å². The summed E-state index contributed by atoms with van der Waals surface area (Å²) in [6.45, 7) is 2.75. The van der Waals surface area contributed by atoms with Gasteiger partial charge in [-0.15, -0.1) is 0 Å². The van der Waals surface area contributed by atoms with Crippen molar-refractivity contribution in [2.24, 2.45) is 0 Å². The Balaban J connectivity index is 1.22. The molecule has 4 nitrogen and oxygen atoms in total. The predicted molar refractivity (Wildman–Crippen MR) is 121 cm³/mol. The normalized spacial score (nSPS) is 12.2. The minimum atomic E-state index is 0.118. The van der Waals surface area contributed by atoms with Crippen molar-refractivity contribution in [1.29, 1.82) is 0 Å². The molecule has 0 saturated carbocycles. The maximum atomic E-state index is 9.56. The van der Waals surface area contributed by atoms with Gasteiger partial charge in [0.15, 0.2) is 0 Å². The summed E-state index contributed by atoms with van der Waals surface area (Å²) < 4.78 is 11.9. The van der Waals surface area contributed by atoms with Crippen molar-refractivity contribution in [3.63, 3.8) is 0 Å². The Bertz CT molecular complexity index is 1150. The van der Waals surface area contributed by atoms with Crippen LogP contribution >= 0.6 is 0 Å². The standard InChI is InChI=1S/C26H26O4/c1-18(30-26-12-8-20-15-24(28)10-6-22(20)17-26)4-2-3-13-29-25-11-7-19-14-23(27)9-5-21(19)16-25/h5-12,14-18,27-28H,2-4,13H2,1H3. The number of phenolic OH excluding ortho intramolecular Hbond substituents is 2. The van der Waals surface area contributed by atoms with Gasteiger partial charge in [-0.2, -0.15) is 0 Å². The highest BCUT2D eigenvalue weighted by atomic mass is 16.5. The zero-order chi connectivity index (χ0) is 20.9. The van der Waals surface area contributed by atoms with Crippen LogP contribution in [0.4, 0.5) is 0 Å². The lowest BCUT2D eigenvalue weighted by Crippen LogP contribution is -2.12. The number of fused-ring (bicyclic) bond motifs is 2. The fourth-order valence-electron chi connectivity index (χ4n) is 3.60. The van der Waals surface area contributed by atoms with Crippen LogP contribution in [0.25, 0.3) is 21.5 Å². The van der Waals surface area contributed by atoms with Crippen molar-refractivity contribution in [1.82, 2.24) is 0 Å². The molecule has 0 radical (unpaired) electrons. The first-order valence-electron chi connectivity index (χ1n) is 10.3. The van der Waals surface area contributed by atoms with Crippen molar-refractivity contribution in [3.05, 3.63) is 72.8 Å². The zero-order valence-corrected chi connectivity index (χ0v) is 17.0. The molecule has 30 heavy (non-hydrogen) atoms. The van der Waals surface area contributed by atoms with E-state index in [-0.39, 0.29) is 17.6 Å². The molecule has 0 amide bonds. The van der Waals surface area contributed by atoms with Crippen LogP contribution in [0.3, 0.4) is 0 Å². The molecule has 0 heterocycles. The van der Waals surface area contributed by atoms with Gasteiger partial charge in [0.2, 0.25) is 0 Å². The summed E-state index contributed by atoms with van der Waals surface area (Å²) in [7, 11) is 0. The van der Waals surface area contributed by atoms with Crippen LogP contribution in [0.2, 0.25) is 0 Å². The second-order valence-corrected chi connectivity index (χ2v) is 7.66. The van der Waals surface area contributed by atoms with Crippen molar-refractivity contribution in [2.45, 2.75) is 32.3 Å². The average Bonchev–Trinajstić information content (AvgIpc) is 2.73. The van der Waals surface area contributed by atoms with E-state index in [0.29, 0.717) is 6.61 Å². The summed E-state index contributed by atoms with van der Waals surface area (Å²) in [4.78, 5) is 0. The van der Waals surface area contributed by atoms with Crippen LogP contribution in [-0.2, 0) is 0 Å². The van der Waals surface area contributed by atoms with Crippen LogP contribution in [0.15, 0.2) is 72.8 Å². The molecule has 4 heteroatoms. The second kappa shape index (κ2) is 8.95. The maximum absolute atomic E-state index is 9.56. The molecule has 0 aliphatic carbocycles. The van der Waals surface area contributed by atoms with E-state index >= 15 is 0 Å². The molecule has 4 aromatic carbocycles. The number of rotatable bonds is 8. The molecule has 0 aromatic heterocycles. The third kappa shape index (κ3) is 4.95. The largest absolute Gasteiger partial charge is 0.508 e. The van der Waals surface area contributed by atoms with Crippen LogP contribution in [0.1, 0.15) is 26.2 Å². The molecule has 1 unspecified atom stereocenters. The number of phenols is 2. The quantitative estimate of drug-likeness (QED) is 0.334. The van der Waals surface area contributed by atoms with Gasteiger partial charge in [0.25, 0.3) is 0 Å². The van der Waals surface area contributed by atoms with Gasteiger partial charge < -0.3 is 19.7 Å². The molecule has 0 fully saturated rings. The SMILES string of the molecule is CC(CCCCOc1ccc2cc(O)ccc2c1)Oc1ccc2cc(O)ccc2c1. The van der Waals surface area contributed by atoms with Gasteiger partial charge in [0.05, 0.1) is 12.7 Å². The summed E-state index contributed by atoms with van der Waals surface area (Å²) in [6.07, 6.45) is 3.05. The molecule has 0 aliphatic rings. The molecule has 4 aromatic rings. The van der Waals surface area contributed by atoms with E-state index in [1.165, 1.54) is 0 Å². The molecule has 1 atom stereocenters. The molecular formula is C26H26O4. The highest BCUT2D eigenvalue weighted by molar-refractivity contribution is 5.85. The molecular weight excluding hydrogens is 376 g/mol. The molecule has 154 valence electrons. The lowest BCUT2D eigenvalue weighted by Gasteiger charge is -2.15. The van der Waals surface area contributed by atoms with Crippen LogP contribution in [0, 0.1) is 0 Å². The molecule has 0 bridgehead atoms. The highest BCUT2D eigenvalue weighted by Gasteiger charge is 2.06. The van der Waals surface area contributed by atoms with E-state index in [9.17, 15) is 10.2 Å². The summed E-state index contributed by atoms with van der Waals surface area (Å²) in [5, 5.41) is 23.2. The van der Waals surface area contributed by atoms with Gasteiger partial charge in [-0.1, -0.05) is 24.3 Å². The summed E-state index contributed by atoms with van der Waals surface area (Å²) in [5.74, 6) is 2.24. The first-order chi connectivity index (χ1) is 14.6. The molecule has 4 rings (SSSR count). The van der Waals surface area contributed by atoms with Crippen molar-refractivity contribution >= 4 is 21.5 Å². The van der Waals surface area contributed by atoms with Crippen molar-refractivity contribution in [3.8, 4) is 23.0 Å². The summed E-state index contributed by atoms with van der Waals surface area (Å²) in [6, 6.07) is 22.5. The lowest BCUT2D eigenvalue weighted by molar-refractivity contribution is 0.202. The van der Waals surface area contributed by atoms with Crippen molar-refractivity contribution < 1.29 is 19.7 Å². The van der Waals surface area contributed by atoms with Crippen LogP contribution in [-0.4, -0.2) is 22.9 Å². The third-order valence-corrected chi connectivity index (χ3v) is 5.20. The number of unbranched alkanes of at least 4 members (excludes halogenated alkanes) is 1. The number of hydrogen-bond donors (Lipinski definition) is 2. The zero-order valence-electron chi connectivity index (χ0n) is 17.0. The number of aromatic hydroxyl groups is 2.